The minimum Gasteiger partial charge on any atom is -0.151 e. The van der Waals surface area contributed by atoms with Crippen LogP contribution >= 0.6 is 0 Å². The Morgan fingerprint density at radius 3 is 2.05 bits per heavy atom. The molecule has 0 unspecified atom stereocenters. The monoisotopic (exact) mass is 244 g/mol. The fourth-order valence-corrected chi connectivity index (χ4v) is 1.83. The number of hydrogen-bond acceptors (Lipinski definition) is 2. The van der Waals surface area contributed by atoms with Crippen LogP contribution in [0.3, 0.4) is 0 Å². The van der Waals surface area contributed by atoms with Gasteiger partial charge in [0.1, 0.15) is 0 Å². The van der Waals surface area contributed by atoms with Crippen LogP contribution in [0, 0.1) is 0 Å². The van der Waals surface area contributed by atoms with E-state index in [0.717, 1.165) is 22.5 Å². The van der Waals surface area contributed by atoms with Gasteiger partial charge in [-0.1, -0.05) is 36.4 Å². The van der Waals surface area contributed by atoms with E-state index < -0.39 is 0 Å². The molecule has 2 aromatic rings. The molecule has 0 aliphatic heterocycles. The number of hydrogen-bond donors (Lipinski definition) is 0. The predicted molar refractivity (Wildman–Crippen MR) is 77.7 cm³/mol. The van der Waals surface area contributed by atoms with Crippen LogP contribution in [0.1, 0.15) is 5.56 Å². The van der Waals surface area contributed by atoms with Gasteiger partial charge in [-0.15, -0.1) is 5.73 Å². The summed E-state index contributed by atoms with van der Waals surface area (Å²) in [6.45, 7) is 0. The van der Waals surface area contributed by atoms with E-state index in [1.165, 1.54) is 0 Å². The molecule has 0 saturated heterocycles. The number of rotatable bonds is 3. The molecule has 0 saturated carbocycles. The molecule has 0 aromatic heterocycles. The molecule has 3 rings (SSSR count). The second-order valence-electron chi connectivity index (χ2n) is 4.17. The van der Waals surface area contributed by atoms with Gasteiger partial charge in [0.05, 0.1) is 11.4 Å². The molecule has 2 heteroatoms. The van der Waals surface area contributed by atoms with Crippen LogP contribution in [0.25, 0.3) is 5.57 Å². The van der Waals surface area contributed by atoms with Gasteiger partial charge in [-0.25, -0.2) is 0 Å². The topological polar surface area (TPSA) is 24.7 Å². The lowest BCUT2D eigenvalue weighted by molar-refractivity contribution is 1.23. The first kappa shape index (κ1) is 11.4. The maximum Gasteiger partial charge on any atom is 0.0857 e. The van der Waals surface area contributed by atoms with Crippen molar-refractivity contribution >= 4 is 16.9 Å². The third-order valence-electron chi connectivity index (χ3n) is 2.81. The summed E-state index contributed by atoms with van der Waals surface area (Å²) in [6.07, 6.45) is 5.94. The highest BCUT2D eigenvalue weighted by molar-refractivity contribution is 5.76. The van der Waals surface area contributed by atoms with E-state index in [0.29, 0.717) is 0 Å². The second kappa shape index (κ2) is 5.30. The molecule has 0 heterocycles. The number of azo groups is 1. The zero-order valence-corrected chi connectivity index (χ0v) is 10.3. The fraction of sp³-hybridized carbons (Fsp3) is 0. The van der Waals surface area contributed by atoms with Crippen molar-refractivity contribution in [3.8, 4) is 0 Å². The molecular formula is C17H12N2. The third kappa shape index (κ3) is 2.76. The maximum absolute atomic E-state index is 4.21. The Labute approximate surface area is 112 Å². The zero-order valence-electron chi connectivity index (χ0n) is 10.3. The van der Waals surface area contributed by atoms with Crippen molar-refractivity contribution in [2.24, 2.45) is 10.2 Å². The van der Waals surface area contributed by atoms with Gasteiger partial charge in [-0.2, -0.15) is 10.2 Å². The first-order valence-corrected chi connectivity index (χ1v) is 6.12. The maximum atomic E-state index is 4.21. The first-order chi connectivity index (χ1) is 9.42. The Kier molecular flexibility index (Phi) is 3.18. The van der Waals surface area contributed by atoms with E-state index in [2.05, 4.69) is 16.0 Å². The zero-order chi connectivity index (χ0) is 12.9. The van der Waals surface area contributed by atoms with E-state index in [4.69, 9.17) is 0 Å². The molecule has 1 aliphatic carbocycles. The minimum absolute atomic E-state index is 0.846. The standard InChI is InChI=1S/C17H12N2/c1-2-8-16(9-3-1)18-19-17-12-10-15(11-13-17)14-6-4-5-7-14/h1-6,8-13H. The molecular weight excluding hydrogens is 232 g/mol. The van der Waals surface area contributed by atoms with Crippen LogP contribution in [0.2, 0.25) is 0 Å². The summed E-state index contributed by atoms with van der Waals surface area (Å²) < 4.78 is 0. The number of benzene rings is 2. The van der Waals surface area contributed by atoms with Gasteiger partial charge < -0.3 is 0 Å². The highest BCUT2D eigenvalue weighted by atomic mass is 15.1. The van der Waals surface area contributed by atoms with Crippen LogP contribution < -0.4 is 0 Å². The normalized spacial score (nSPS) is 13.2. The van der Waals surface area contributed by atoms with E-state index in [1.807, 2.05) is 72.8 Å². The molecule has 0 fully saturated rings. The lowest BCUT2D eigenvalue weighted by atomic mass is 10.1. The van der Waals surface area contributed by atoms with Crippen LogP contribution in [0.4, 0.5) is 11.4 Å². The predicted octanol–water partition coefficient (Wildman–Crippen LogP) is 5.21. The lowest BCUT2D eigenvalue weighted by Gasteiger charge is -1.98. The van der Waals surface area contributed by atoms with E-state index in [-0.39, 0.29) is 0 Å². The third-order valence-corrected chi connectivity index (χ3v) is 2.81. The summed E-state index contributed by atoms with van der Waals surface area (Å²) in [5.41, 5.74) is 7.13. The average molecular weight is 244 g/mol. The molecule has 90 valence electrons. The summed E-state index contributed by atoms with van der Waals surface area (Å²) in [6, 6.07) is 17.7. The SMILES string of the molecule is C1=CC=CC=1c1ccc(N=Nc2ccccc2)cc1. The van der Waals surface area contributed by atoms with Crippen LogP contribution in [0.15, 0.2) is 88.8 Å². The molecule has 1 aliphatic rings. The molecule has 0 radical (unpaired) electrons. The van der Waals surface area contributed by atoms with Gasteiger partial charge in [-0.3, -0.25) is 0 Å². The second-order valence-corrected chi connectivity index (χ2v) is 4.17. The van der Waals surface area contributed by atoms with Crippen molar-refractivity contribution in [2.45, 2.75) is 0 Å². The quantitative estimate of drug-likeness (QED) is 0.523. The van der Waals surface area contributed by atoms with Crippen molar-refractivity contribution in [3.63, 3.8) is 0 Å². The molecule has 0 N–H and O–H groups in total. The van der Waals surface area contributed by atoms with Gasteiger partial charge in [0, 0.05) is 5.57 Å². The smallest absolute Gasteiger partial charge is 0.0857 e. The highest BCUT2D eigenvalue weighted by Crippen LogP contribution is 2.22. The molecule has 0 spiro atoms. The largest absolute Gasteiger partial charge is 0.151 e. The Morgan fingerprint density at radius 1 is 0.737 bits per heavy atom. The number of nitrogens with zero attached hydrogens (tertiary/aromatic N) is 2. The van der Waals surface area contributed by atoms with E-state index in [9.17, 15) is 0 Å². The first-order valence-electron chi connectivity index (χ1n) is 6.12. The molecule has 2 nitrogen and oxygen atoms in total. The average Bonchev–Trinajstić information content (AvgIpc) is 3.01. The van der Waals surface area contributed by atoms with Crippen molar-refractivity contribution in [1.29, 1.82) is 0 Å². The van der Waals surface area contributed by atoms with Crippen LogP contribution in [0.5, 0.6) is 0 Å². The van der Waals surface area contributed by atoms with E-state index >= 15 is 0 Å². The molecule has 0 amide bonds. The summed E-state index contributed by atoms with van der Waals surface area (Å²) in [5, 5.41) is 8.40. The van der Waals surface area contributed by atoms with Crippen LogP contribution in [-0.4, -0.2) is 0 Å². The summed E-state index contributed by atoms with van der Waals surface area (Å²) in [5.74, 6) is 0. The molecule has 19 heavy (non-hydrogen) atoms. The van der Waals surface area contributed by atoms with E-state index in [1.54, 1.807) is 0 Å². The fourth-order valence-electron chi connectivity index (χ4n) is 1.83. The molecule has 0 atom stereocenters. The minimum atomic E-state index is 0.846. The van der Waals surface area contributed by atoms with Crippen LogP contribution in [-0.2, 0) is 0 Å². The van der Waals surface area contributed by atoms with Crippen molar-refractivity contribution in [3.05, 3.63) is 84.1 Å². The highest BCUT2D eigenvalue weighted by Gasteiger charge is 1.99. The summed E-state index contributed by atoms with van der Waals surface area (Å²) in [7, 11) is 0. The summed E-state index contributed by atoms with van der Waals surface area (Å²) in [4.78, 5) is 0. The number of allylic oxidation sites excluding steroid dienone is 3. The Morgan fingerprint density at radius 2 is 1.42 bits per heavy atom. The molecule has 0 bridgehead atoms. The van der Waals surface area contributed by atoms with Crippen molar-refractivity contribution in [1.82, 2.24) is 0 Å². The Bertz CT molecular complexity index is 686. The van der Waals surface area contributed by atoms with Crippen molar-refractivity contribution in [2.75, 3.05) is 0 Å². The van der Waals surface area contributed by atoms with Gasteiger partial charge in [0.25, 0.3) is 0 Å². The van der Waals surface area contributed by atoms with Gasteiger partial charge in [0.15, 0.2) is 0 Å². The van der Waals surface area contributed by atoms with Gasteiger partial charge in [0.2, 0.25) is 0 Å². The van der Waals surface area contributed by atoms with Crippen molar-refractivity contribution < 1.29 is 0 Å². The Hall–Kier alpha value is -2.70. The summed E-state index contributed by atoms with van der Waals surface area (Å²) >= 11 is 0. The van der Waals surface area contributed by atoms with Gasteiger partial charge in [-0.05, 0) is 42.0 Å². The molecule has 2 aromatic carbocycles. The van der Waals surface area contributed by atoms with Gasteiger partial charge >= 0.3 is 0 Å². The Balaban J connectivity index is 1.78. The lowest BCUT2D eigenvalue weighted by Crippen LogP contribution is -1.76.